The Morgan fingerprint density at radius 1 is 1.12 bits per heavy atom. The fourth-order valence-electron chi connectivity index (χ4n) is 2.60. The standard InChI is InChI=1S/C21H15Cl2F3N4O2/c1-32-17-8-6-13(22)10-16(17)28-19-14(7-9-18(29-19)21(24,25)26)20(31)30-27-11-12-4-2-3-5-15(12)23/h2-11H,1H3,(H,28,29)(H,30,31)/b27-11+. The van der Waals surface area contributed by atoms with Crippen LogP contribution in [0.25, 0.3) is 0 Å². The van der Waals surface area contributed by atoms with E-state index in [2.05, 4.69) is 20.8 Å². The molecule has 1 aromatic heterocycles. The van der Waals surface area contributed by atoms with E-state index in [-0.39, 0.29) is 22.8 Å². The summed E-state index contributed by atoms with van der Waals surface area (Å²) >= 11 is 12.0. The van der Waals surface area contributed by atoms with E-state index < -0.39 is 17.8 Å². The van der Waals surface area contributed by atoms with Crippen molar-refractivity contribution in [2.75, 3.05) is 12.4 Å². The normalized spacial score (nSPS) is 11.4. The molecule has 32 heavy (non-hydrogen) atoms. The van der Waals surface area contributed by atoms with Gasteiger partial charge in [-0.1, -0.05) is 41.4 Å². The summed E-state index contributed by atoms with van der Waals surface area (Å²) in [5.41, 5.74) is 1.65. The number of carbonyl (C=O) groups excluding carboxylic acids is 1. The van der Waals surface area contributed by atoms with E-state index in [1.54, 1.807) is 30.3 Å². The zero-order valence-electron chi connectivity index (χ0n) is 16.4. The van der Waals surface area contributed by atoms with Crippen LogP contribution in [0.2, 0.25) is 10.0 Å². The number of ether oxygens (including phenoxy) is 1. The Balaban J connectivity index is 1.94. The van der Waals surface area contributed by atoms with Crippen LogP contribution in [0.3, 0.4) is 0 Å². The number of halogens is 5. The molecule has 2 aromatic carbocycles. The van der Waals surface area contributed by atoms with E-state index >= 15 is 0 Å². The Hall–Kier alpha value is -3.30. The van der Waals surface area contributed by atoms with Gasteiger partial charge in [-0.3, -0.25) is 4.79 Å². The number of methoxy groups -OCH3 is 1. The smallest absolute Gasteiger partial charge is 0.433 e. The van der Waals surface area contributed by atoms with Crippen LogP contribution in [0.1, 0.15) is 21.6 Å². The van der Waals surface area contributed by atoms with Gasteiger partial charge < -0.3 is 10.1 Å². The summed E-state index contributed by atoms with van der Waals surface area (Å²) in [7, 11) is 1.38. The number of nitrogens with zero attached hydrogens (tertiary/aromatic N) is 2. The van der Waals surface area contributed by atoms with Gasteiger partial charge in [-0.25, -0.2) is 10.4 Å². The number of pyridine rings is 1. The zero-order chi connectivity index (χ0) is 23.3. The van der Waals surface area contributed by atoms with Crippen molar-refractivity contribution in [1.29, 1.82) is 0 Å². The van der Waals surface area contributed by atoms with Crippen molar-refractivity contribution in [3.8, 4) is 5.75 Å². The molecule has 0 unspecified atom stereocenters. The molecule has 0 fully saturated rings. The molecule has 0 atom stereocenters. The average molecular weight is 483 g/mol. The predicted molar refractivity (Wildman–Crippen MR) is 117 cm³/mol. The van der Waals surface area contributed by atoms with Gasteiger partial charge in [0.2, 0.25) is 0 Å². The number of alkyl halides is 3. The van der Waals surface area contributed by atoms with Crippen molar-refractivity contribution in [2.24, 2.45) is 5.10 Å². The van der Waals surface area contributed by atoms with Crippen LogP contribution in [-0.4, -0.2) is 24.2 Å². The lowest BCUT2D eigenvalue weighted by molar-refractivity contribution is -0.141. The zero-order valence-corrected chi connectivity index (χ0v) is 17.9. The highest BCUT2D eigenvalue weighted by Crippen LogP contribution is 2.34. The third-order valence-electron chi connectivity index (χ3n) is 4.12. The van der Waals surface area contributed by atoms with Crippen LogP contribution in [-0.2, 0) is 6.18 Å². The molecule has 1 heterocycles. The molecule has 0 radical (unpaired) electrons. The first-order valence-corrected chi connectivity index (χ1v) is 9.71. The van der Waals surface area contributed by atoms with Crippen LogP contribution in [0.5, 0.6) is 5.75 Å². The largest absolute Gasteiger partial charge is 0.495 e. The molecule has 0 saturated carbocycles. The lowest BCUT2D eigenvalue weighted by Crippen LogP contribution is -2.21. The van der Waals surface area contributed by atoms with Crippen LogP contribution < -0.4 is 15.5 Å². The average Bonchev–Trinajstić information content (AvgIpc) is 2.74. The van der Waals surface area contributed by atoms with E-state index in [4.69, 9.17) is 27.9 Å². The molecule has 2 N–H and O–H groups in total. The van der Waals surface area contributed by atoms with Gasteiger partial charge in [0.05, 0.1) is 24.6 Å². The molecule has 3 rings (SSSR count). The maximum Gasteiger partial charge on any atom is 0.433 e. The summed E-state index contributed by atoms with van der Waals surface area (Å²) in [5.74, 6) is -0.861. The van der Waals surface area contributed by atoms with Gasteiger partial charge >= 0.3 is 6.18 Å². The SMILES string of the molecule is COc1ccc(Cl)cc1Nc1nc(C(F)(F)F)ccc1C(=O)N/N=C/c1ccccc1Cl. The number of hydrogen-bond acceptors (Lipinski definition) is 5. The van der Waals surface area contributed by atoms with Crippen molar-refractivity contribution in [3.05, 3.63) is 81.5 Å². The van der Waals surface area contributed by atoms with Crippen molar-refractivity contribution >= 4 is 46.8 Å². The van der Waals surface area contributed by atoms with Crippen LogP contribution in [0, 0.1) is 0 Å². The highest BCUT2D eigenvalue weighted by Gasteiger charge is 2.33. The van der Waals surface area contributed by atoms with Crippen LogP contribution in [0.4, 0.5) is 24.7 Å². The summed E-state index contributed by atoms with van der Waals surface area (Å²) in [6.45, 7) is 0. The number of nitrogens with one attached hydrogen (secondary N) is 2. The fourth-order valence-corrected chi connectivity index (χ4v) is 2.96. The van der Waals surface area contributed by atoms with E-state index in [1.165, 1.54) is 25.5 Å². The molecule has 6 nitrogen and oxygen atoms in total. The summed E-state index contributed by atoms with van der Waals surface area (Å²) in [6.07, 6.45) is -3.41. The molecule has 166 valence electrons. The van der Waals surface area contributed by atoms with E-state index in [1.807, 2.05) is 0 Å². The minimum Gasteiger partial charge on any atom is -0.495 e. The quantitative estimate of drug-likeness (QED) is 0.337. The number of rotatable bonds is 6. The van der Waals surface area contributed by atoms with Crippen molar-refractivity contribution < 1.29 is 22.7 Å². The molecule has 0 bridgehead atoms. The Morgan fingerprint density at radius 3 is 2.56 bits per heavy atom. The van der Waals surface area contributed by atoms with Gasteiger partial charge in [0, 0.05) is 15.6 Å². The Bertz CT molecular complexity index is 1170. The number of hydrogen-bond donors (Lipinski definition) is 2. The number of benzene rings is 2. The summed E-state index contributed by atoms with van der Waals surface area (Å²) in [4.78, 5) is 16.2. The molecule has 0 spiro atoms. The Labute approximate surface area is 191 Å². The Kier molecular flexibility index (Phi) is 7.22. The molecule has 0 aliphatic rings. The first-order valence-electron chi connectivity index (χ1n) is 8.96. The van der Waals surface area contributed by atoms with Crippen molar-refractivity contribution in [3.63, 3.8) is 0 Å². The lowest BCUT2D eigenvalue weighted by atomic mass is 10.2. The van der Waals surface area contributed by atoms with Gasteiger partial charge in [-0.05, 0) is 36.4 Å². The van der Waals surface area contributed by atoms with Crippen LogP contribution >= 0.6 is 23.2 Å². The van der Waals surface area contributed by atoms with Gasteiger partial charge in [0.15, 0.2) is 0 Å². The second kappa shape index (κ2) is 9.88. The third kappa shape index (κ3) is 5.68. The topological polar surface area (TPSA) is 75.6 Å². The molecule has 0 saturated heterocycles. The minimum absolute atomic E-state index is 0.184. The molecular weight excluding hydrogens is 468 g/mol. The fraction of sp³-hybridized carbons (Fsp3) is 0.0952. The monoisotopic (exact) mass is 482 g/mol. The maximum absolute atomic E-state index is 13.2. The number of aromatic nitrogens is 1. The molecule has 0 aliphatic carbocycles. The van der Waals surface area contributed by atoms with Gasteiger partial charge in [-0.2, -0.15) is 18.3 Å². The summed E-state index contributed by atoms with van der Waals surface area (Å²) < 4.78 is 44.8. The molecule has 11 heteroatoms. The summed E-state index contributed by atoms with van der Waals surface area (Å²) in [6, 6.07) is 13.0. The van der Waals surface area contributed by atoms with E-state index in [9.17, 15) is 18.0 Å². The van der Waals surface area contributed by atoms with E-state index in [0.29, 0.717) is 21.7 Å². The molecule has 0 aliphatic heterocycles. The Morgan fingerprint density at radius 2 is 1.88 bits per heavy atom. The van der Waals surface area contributed by atoms with Gasteiger partial charge in [-0.15, -0.1) is 0 Å². The van der Waals surface area contributed by atoms with Crippen molar-refractivity contribution in [2.45, 2.75) is 6.18 Å². The van der Waals surface area contributed by atoms with Crippen LogP contribution in [0.15, 0.2) is 59.7 Å². The second-order valence-electron chi connectivity index (χ2n) is 6.28. The van der Waals surface area contributed by atoms with Gasteiger partial charge in [0.25, 0.3) is 5.91 Å². The van der Waals surface area contributed by atoms with Crippen molar-refractivity contribution in [1.82, 2.24) is 10.4 Å². The molecule has 1 amide bonds. The lowest BCUT2D eigenvalue weighted by Gasteiger charge is -2.15. The number of amides is 1. The number of hydrazone groups is 1. The summed E-state index contributed by atoms with van der Waals surface area (Å²) in [5, 5.41) is 7.22. The number of anilines is 2. The first kappa shape index (κ1) is 23.4. The highest BCUT2D eigenvalue weighted by molar-refractivity contribution is 6.33. The van der Waals surface area contributed by atoms with Gasteiger partial charge in [0.1, 0.15) is 17.3 Å². The first-order chi connectivity index (χ1) is 15.2. The third-order valence-corrected chi connectivity index (χ3v) is 4.70. The minimum atomic E-state index is -4.72. The molecule has 3 aromatic rings. The maximum atomic E-state index is 13.2. The van der Waals surface area contributed by atoms with E-state index in [0.717, 1.165) is 6.07 Å². The predicted octanol–water partition coefficient (Wildman–Crippen LogP) is 5.92. The number of carbonyl (C=O) groups is 1. The molecular formula is C21H15Cl2F3N4O2. The highest BCUT2D eigenvalue weighted by atomic mass is 35.5. The second-order valence-corrected chi connectivity index (χ2v) is 7.12.